The lowest BCUT2D eigenvalue weighted by atomic mass is 10.2. The zero-order valence-corrected chi connectivity index (χ0v) is 15.6. The Hall–Kier alpha value is -3.74. The molecular formula is C21H20N4O3. The number of nitrogens with one attached hydrogen (secondary N) is 2. The van der Waals surface area contributed by atoms with E-state index in [4.69, 9.17) is 0 Å². The second-order valence-corrected chi connectivity index (χ2v) is 6.39. The van der Waals surface area contributed by atoms with Gasteiger partial charge in [-0.05, 0) is 31.2 Å². The Morgan fingerprint density at radius 2 is 1.82 bits per heavy atom. The van der Waals surface area contributed by atoms with Crippen LogP contribution in [-0.2, 0) is 4.79 Å². The van der Waals surface area contributed by atoms with Gasteiger partial charge >= 0.3 is 0 Å². The van der Waals surface area contributed by atoms with Crippen LogP contribution in [0.3, 0.4) is 0 Å². The Labute approximate surface area is 162 Å². The van der Waals surface area contributed by atoms with Crippen LogP contribution in [-0.4, -0.2) is 40.3 Å². The number of aromatic amines is 1. The highest BCUT2D eigenvalue weighted by Gasteiger charge is 2.15. The summed E-state index contributed by atoms with van der Waals surface area (Å²) in [6.07, 6.45) is 0. The summed E-state index contributed by atoms with van der Waals surface area (Å²) < 4.78 is 0. The standard InChI is InChI=1S/C21H20N4O3/c1-14-11-18(26)24-20(22-14)16-9-6-10-17(12-16)23-19(27)13-25(2)21(28)15-7-4-3-5-8-15/h3-12H,13H2,1-2H3,(H,23,27)(H,22,24,26). The molecule has 0 atom stereocenters. The van der Waals surface area contributed by atoms with Gasteiger partial charge in [0.25, 0.3) is 11.5 Å². The minimum Gasteiger partial charge on any atom is -0.332 e. The van der Waals surface area contributed by atoms with Gasteiger partial charge < -0.3 is 15.2 Å². The van der Waals surface area contributed by atoms with Crippen molar-refractivity contribution in [3.63, 3.8) is 0 Å². The highest BCUT2D eigenvalue weighted by atomic mass is 16.2. The van der Waals surface area contributed by atoms with Gasteiger partial charge in [-0.15, -0.1) is 0 Å². The normalized spacial score (nSPS) is 10.4. The van der Waals surface area contributed by atoms with E-state index in [1.165, 1.54) is 11.0 Å². The number of hydrogen-bond acceptors (Lipinski definition) is 4. The third-order valence-electron chi connectivity index (χ3n) is 4.04. The SMILES string of the molecule is Cc1cc(=O)[nH]c(-c2cccc(NC(=O)CN(C)C(=O)c3ccccc3)c2)n1. The van der Waals surface area contributed by atoms with Crippen molar-refractivity contribution in [3.05, 3.63) is 82.3 Å². The predicted octanol–water partition coefficient (Wildman–Crippen LogP) is 2.46. The molecule has 0 bridgehead atoms. The van der Waals surface area contributed by atoms with E-state index in [9.17, 15) is 14.4 Å². The average molecular weight is 376 g/mol. The maximum atomic E-state index is 12.3. The van der Waals surface area contributed by atoms with Gasteiger partial charge in [0.2, 0.25) is 5.91 Å². The smallest absolute Gasteiger partial charge is 0.254 e. The number of likely N-dealkylation sites (N-methyl/N-ethyl adjacent to an activating group) is 1. The maximum Gasteiger partial charge on any atom is 0.254 e. The lowest BCUT2D eigenvalue weighted by molar-refractivity contribution is -0.116. The average Bonchev–Trinajstić information content (AvgIpc) is 2.67. The first-order valence-corrected chi connectivity index (χ1v) is 8.71. The number of rotatable bonds is 5. The molecule has 0 saturated carbocycles. The summed E-state index contributed by atoms with van der Waals surface area (Å²) in [5, 5.41) is 2.77. The van der Waals surface area contributed by atoms with Gasteiger partial charge in [-0.3, -0.25) is 14.4 Å². The molecule has 2 aromatic carbocycles. The molecule has 0 aliphatic heterocycles. The zero-order valence-electron chi connectivity index (χ0n) is 15.6. The van der Waals surface area contributed by atoms with Gasteiger partial charge in [0.1, 0.15) is 5.82 Å². The molecule has 1 heterocycles. The first-order chi connectivity index (χ1) is 13.4. The largest absolute Gasteiger partial charge is 0.332 e. The topological polar surface area (TPSA) is 95.2 Å². The number of aromatic nitrogens is 2. The van der Waals surface area contributed by atoms with Crippen molar-refractivity contribution in [3.8, 4) is 11.4 Å². The summed E-state index contributed by atoms with van der Waals surface area (Å²) in [4.78, 5) is 44.7. The first kappa shape index (κ1) is 19.0. The lowest BCUT2D eigenvalue weighted by Gasteiger charge is -2.17. The molecule has 0 spiro atoms. The Morgan fingerprint density at radius 3 is 2.54 bits per heavy atom. The quantitative estimate of drug-likeness (QED) is 0.715. The highest BCUT2D eigenvalue weighted by molar-refractivity contribution is 5.99. The molecule has 0 fully saturated rings. The van der Waals surface area contributed by atoms with Crippen molar-refractivity contribution in [2.24, 2.45) is 0 Å². The van der Waals surface area contributed by atoms with Crippen molar-refractivity contribution in [2.75, 3.05) is 18.9 Å². The van der Waals surface area contributed by atoms with Crippen LogP contribution in [0.2, 0.25) is 0 Å². The van der Waals surface area contributed by atoms with E-state index in [2.05, 4.69) is 15.3 Å². The Morgan fingerprint density at radius 1 is 1.07 bits per heavy atom. The van der Waals surface area contributed by atoms with Crippen LogP contribution in [0.5, 0.6) is 0 Å². The number of H-pyrrole nitrogens is 1. The third-order valence-corrected chi connectivity index (χ3v) is 4.04. The van der Waals surface area contributed by atoms with Crippen LogP contribution in [0.25, 0.3) is 11.4 Å². The molecule has 28 heavy (non-hydrogen) atoms. The summed E-state index contributed by atoms with van der Waals surface area (Å²) in [6.45, 7) is 1.65. The van der Waals surface area contributed by atoms with E-state index in [0.717, 1.165) is 0 Å². The van der Waals surface area contributed by atoms with E-state index in [-0.39, 0.29) is 23.9 Å². The van der Waals surface area contributed by atoms with Crippen LogP contribution in [0, 0.1) is 6.92 Å². The fraction of sp³-hybridized carbons (Fsp3) is 0.143. The van der Waals surface area contributed by atoms with Crippen molar-refractivity contribution in [2.45, 2.75) is 6.92 Å². The number of amides is 2. The number of aryl methyl sites for hydroxylation is 1. The molecule has 7 heteroatoms. The second kappa shape index (κ2) is 8.30. The van der Waals surface area contributed by atoms with Gasteiger partial charge in [0.15, 0.2) is 0 Å². The predicted molar refractivity (Wildman–Crippen MR) is 107 cm³/mol. The Bertz CT molecular complexity index is 1060. The molecule has 142 valence electrons. The summed E-state index contributed by atoms with van der Waals surface area (Å²) in [5.74, 6) is -0.127. The van der Waals surface area contributed by atoms with Crippen LogP contribution < -0.4 is 10.9 Å². The zero-order chi connectivity index (χ0) is 20.1. The van der Waals surface area contributed by atoms with Gasteiger partial charge in [-0.2, -0.15) is 0 Å². The fourth-order valence-corrected chi connectivity index (χ4v) is 2.75. The van der Waals surface area contributed by atoms with E-state index in [1.54, 1.807) is 62.5 Å². The van der Waals surface area contributed by atoms with Gasteiger partial charge in [-0.25, -0.2) is 4.98 Å². The first-order valence-electron chi connectivity index (χ1n) is 8.71. The van der Waals surface area contributed by atoms with Crippen LogP contribution in [0.1, 0.15) is 16.1 Å². The molecule has 3 rings (SSSR count). The third kappa shape index (κ3) is 4.70. The number of carbonyl (C=O) groups excluding carboxylic acids is 2. The Kier molecular flexibility index (Phi) is 5.64. The van der Waals surface area contributed by atoms with E-state index < -0.39 is 0 Å². The number of nitrogens with zero attached hydrogens (tertiary/aromatic N) is 2. The van der Waals surface area contributed by atoms with Crippen LogP contribution in [0.4, 0.5) is 5.69 Å². The van der Waals surface area contributed by atoms with Gasteiger partial charge in [-0.1, -0.05) is 30.3 Å². The van der Waals surface area contributed by atoms with Crippen molar-refractivity contribution in [1.29, 1.82) is 0 Å². The molecule has 7 nitrogen and oxygen atoms in total. The van der Waals surface area contributed by atoms with E-state index in [0.29, 0.717) is 28.3 Å². The van der Waals surface area contributed by atoms with Crippen LogP contribution >= 0.6 is 0 Å². The molecule has 0 radical (unpaired) electrons. The lowest BCUT2D eigenvalue weighted by Crippen LogP contribution is -2.34. The maximum absolute atomic E-state index is 12.3. The molecule has 0 aliphatic carbocycles. The molecule has 3 aromatic rings. The minimum absolute atomic E-state index is 0.0858. The monoisotopic (exact) mass is 376 g/mol. The van der Waals surface area contributed by atoms with Gasteiger partial charge in [0, 0.05) is 35.6 Å². The summed E-state index contributed by atoms with van der Waals surface area (Å²) >= 11 is 0. The molecular weight excluding hydrogens is 356 g/mol. The fourth-order valence-electron chi connectivity index (χ4n) is 2.75. The number of anilines is 1. The molecule has 0 aliphatic rings. The minimum atomic E-state index is -0.324. The number of hydrogen-bond donors (Lipinski definition) is 2. The molecule has 0 saturated heterocycles. The van der Waals surface area contributed by atoms with Crippen molar-refractivity contribution in [1.82, 2.24) is 14.9 Å². The Balaban J connectivity index is 1.69. The number of benzene rings is 2. The molecule has 0 unspecified atom stereocenters. The summed E-state index contributed by atoms with van der Waals surface area (Å²) in [6, 6.07) is 17.2. The van der Waals surface area contributed by atoms with Crippen molar-refractivity contribution < 1.29 is 9.59 Å². The molecule has 1 aromatic heterocycles. The summed E-state index contributed by atoms with van der Waals surface area (Å²) in [5.41, 5.74) is 2.11. The van der Waals surface area contributed by atoms with Gasteiger partial charge in [0.05, 0.1) is 6.54 Å². The van der Waals surface area contributed by atoms with Crippen molar-refractivity contribution >= 4 is 17.5 Å². The van der Waals surface area contributed by atoms with E-state index in [1.807, 2.05) is 6.07 Å². The molecule has 2 N–H and O–H groups in total. The molecule has 2 amide bonds. The summed E-state index contributed by atoms with van der Waals surface area (Å²) in [7, 11) is 1.58. The van der Waals surface area contributed by atoms with E-state index >= 15 is 0 Å². The highest BCUT2D eigenvalue weighted by Crippen LogP contribution is 2.18. The van der Waals surface area contributed by atoms with Crippen LogP contribution in [0.15, 0.2) is 65.5 Å². The number of carbonyl (C=O) groups is 2. The second-order valence-electron chi connectivity index (χ2n) is 6.39.